The number of hydrogen-bond donors (Lipinski definition) is 0. The van der Waals surface area contributed by atoms with Crippen molar-refractivity contribution in [2.45, 2.75) is 47.7 Å². The fourth-order valence-corrected chi connectivity index (χ4v) is 12.0. The molecule has 660 valence electrons. The summed E-state index contributed by atoms with van der Waals surface area (Å²) in [5, 5.41) is 0. The van der Waals surface area contributed by atoms with E-state index in [1.54, 1.807) is 93.0 Å². The Balaban J connectivity index is 0.000000186. The van der Waals surface area contributed by atoms with E-state index in [0.717, 1.165) is 125 Å². The van der Waals surface area contributed by atoms with Gasteiger partial charge in [0.1, 0.15) is 17.5 Å². The van der Waals surface area contributed by atoms with Crippen molar-refractivity contribution < 1.29 is 96.9 Å². The smallest absolute Gasteiger partial charge is 0.164 e. The van der Waals surface area contributed by atoms with E-state index in [1.165, 1.54) is 12.1 Å². The number of nitrogens with zero attached hydrogens (tertiary/aromatic N) is 15. The number of benzene rings is 8. The second kappa shape index (κ2) is 55.7. The summed E-state index contributed by atoms with van der Waals surface area (Å²) in [5.41, 5.74) is 20.4. The molecule has 0 bridgehead atoms. The van der Waals surface area contributed by atoms with Gasteiger partial charge >= 0.3 is 0 Å². The van der Waals surface area contributed by atoms with Gasteiger partial charge in [0.05, 0.1) is 11.4 Å². The van der Waals surface area contributed by atoms with Crippen molar-refractivity contribution in [3.05, 3.63) is 491 Å². The van der Waals surface area contributed by atoms with Crippen LogP contribution in [0.4, 0.5) is 0 Å². The van der Waals surface area contributed by atoms with Crippen LogP contribution in [0, 0.1) is 82.0 Å². The Hall–Kier alpha value is -14.1. The van der Waals surface area contributed by atoms with Gasteiger partial charge in [-0.25, -0.2) is 24.9 Å². The van der Waals surface area contributed by atoms with Crippen LogP contribution in [0.25, 0.3) is 135 Å². The van der Waals surface area contributed by atoms with Gasteiger partial charge in [0.25, 0.3) is 0 Å². The first kappa shape index (κ1) is 84.8. The monoisotopic (exact) mass is 2440 g/mol. The van der Waals surface area contributed by atoms with E-state index in [2.05, 4.69) is 123 Å². The zero-order valence-corrected chi connectivity index (χ0v) is 80.9. The molecule has 0 aliphatic heterocycles. The number of pyridine rings is 10. The van der Waals surface area contributed by atoms with Gasteiger partial charge in [-0.05, 0) is 139 Å². The van der Waals surface area contributed by atoms with Crippen molar-refractivity contribution in [1.29, 1.82) is 0 Å². The normalized spacial score (nSPS) is 12.1. The Morgan fingerprint density at radius 1 is 0.250 bits per heavy atom. The molecule has 20 aromatic rings. The van der Waals surface area contributed by atoms with Gasteiger partial charge < -0.3 is 39.9 Å². The Kier molecular flexibility index (Phi) is 35.8. The zero-order valence-electron chi connectivity index (χ0n) is 83.3. The fraction of sp³-hybridized carbons (Fsp3) is 0.0708. The Bertz CT molecular complexity index is 6670. The molecule has 12 heterocycles. The van der Waals surface area contributed by atoms with Crippen LogP contribution in [0.1, 0.15) is 59.1 Å². The maximum atomic E-state index is 8.27. The largest absolute Gasteiger partial charge is 0.305 e. The molecule has 4 radical (unpaired) electrons. The van der Waals surface area contributed by atoms with Gasteiger partial charge in [-0.15, -0.1) is 287 Å². The average molecular weight is 2440 g/mol. The second-order valence-corrected chi connectivity index (χ2v) is 27.4. The van der Waals surface area contributed by atoms with Crippen LogP contribution in [0.3, 0.4) is 0 Å². The second-order valence-electron chi connectivity index (χ2n) is 27.4. The molecule has 0 N–H and O–H groups in total. The third-order valence-corrected chi connectivity index (χ3v) is 18.1. The van der Waals surface area contributed by atoms with Crippen LogP contribution in [0.2, 0.25) is 0 Å². The maximum Gasteiger partial charge on any atom is 0.164 e. The van der Waals surface area contributed by atoms with Crippen molar-refractivity contribution in [2.24, 2.45) is 5.89 Å². The summed E-state index contributed by atoms with van der Waals surface area (Å²) >= 11 is 0. The van der Waals surface area contributed by atoms with E-state index in [1.807, 2.05) is 323 Å². The Labute approximate surface area is 845 Å². The molecule has 15 nitrogen and oxygen atoms in total. The van der Waals surface area contributed by atoms with E-state index in [4.69, 9.17) is 16.4 Å². The van der Waals surface area contributed by atoms with E-state index in [9.17, 15) is 0 Å². The first-order valence-electron chi connectivity index (χ1n) is 46.4. The number of aromatic nitrogens is 15. The summed E-state index contributed by atoms with van der Waals surface area (Å²) in [5.74, 6) is -1.13. The SMILES string of the molecule is Cc1nccc(-c2ccc(-c3[c-]cccc3)nc2)n1.[2H]C([2H])([2H])C([2H])(C)C([2H])([2H])c1cccc(-c2ccc(-c3[c-]cccc3)nc2)n1.[2H]C([2H])([2H])c1ccc(-c2ccc(-c3[c-]cccc3)nc2)cn1.[2H]C([2H])([2H])c1nc(C)nc(-c2ccc(-c3[c-]cccc3)nc2)n1.[Ir].[Ir].[Ir].[Ir].[c-]1ccccc1-c1ccccn1.[c-]1ccccc1-c1ccccn1.[c-]1ccccc1-c1ccccn1.[c-]1ccccc1-c1ccccn1. The topological polar surface area (TPSA) is 193 Å². The molecular formula is C113H89Ir4N15-8. The Morgan fingerprint density at radius 3 is 0.848 bits per heavy atom. The summed E-state index contributed by atoms with van der Waals surface area (Å²) in [6, 6.07) is 135. The zero-order chi connectivity index (χ0) is 98.6. The first-order chi connectivity index (χ1) is 67.7. The molecule has 0 saturated heterocycles. The maximum absolute atomic E-state index is 8.27. The van der Waals surface area contributed by atoms with Crippen molar-refractivity contribution >= 4 is 0 Å². The van der Waals surface area contributed by atoms with Gasteiger partial charge in [0.2, 0.25) is 0 Å². The molecule has 0 saturated carbocycles. The molecule has 0 fully saturated rings. The minimum absolute atomic E-state index is 0. The predicted octanol–water partition coefficient (Wildman–Crippen LogP) is 25.2. The van der Waals surface area contributed by atoms with Gasteiger partial charge in [-0.1, -0.05) is 123 Å². The summed E-state index contributed by atoms with van der Waals surface area (Å²) in [4.78, 5) is 63.5. The molecule has 0 aliphatic carbocycles. The average Bonchev–Trinajstić information content (AvgIpc) is 0.750. The molecular weight excluding hydrogens is 2340 g/mol. The molecule has 8 aromatic carbocycles. The molecule has 12 aromatic heterocycles. The number of aryl methyl sites for hydroxylation is 4. The number of hydrogen-bond acceptors (Lipinski definition) is 15. The summed E-state index contributed by atoms with van der Waals surface area (Å²) in [6.07, 6.45) is 14.8. The summed E-state index contributed by atoms with van der Waals surface area (Å²) in [7, 11) is 0. The van der Waals surface area contributed by atoms with Crippen molar-refractivity contribution in [1.82, 2.24) is 74.8 Å². The van der Waals surface area contributed by atoms with Crippen LogP contribution < -0.4 is 0 Å². The van der Waals surface area contributed by atoms with E-state index in [0.29, 0.717) is 28.5 Å². The van der Waals surface area contributed by atoms with Crippen molar-refractivity contribution in [3.63, 3.8) is 0 Å². The molecule has 0 aliphatic rings. The van der Waals surface area contributed by atoms with Gasteiger partial charge in [-0.3, -0.25) is 9.97 Å². The molecule has 0 amide bonds. The van der Waals surface area contributed by atoms with Crippen molar-refractivity contribution in [3.8, 4) is 135 Å². The summed E-state index contributed by atoms with van der Waals surface area (Å²) in [6.45, 7) is -2.76. The predicted molar refractivity (Wildman–Crippen MR) is 512 cm³/mol. The number of rotatable bonds is 14. The minimum Gasteiger partial charge on any atom is -0.305 e. The molecule has 1 atom stereocenters. The van der Waals surface area contributed by atoms with Crippen LogP contribution in [0.15, 0.2) is 414 Å². The minimum atomic E-state index is -2.80. The molecule has 20 rings (SSSR count). The standard InChI is InChI=1S/C20H19N2.C17H13N2.C16H13N4.C16H12N3.4C11H8N.4Ir/c1-15(2)13-18-9-6-10-20(22-18)17-11-12-19(21-14-17)16-7-4-3-5-8-16;1-13-7-8-15(11-18-13)16-9-10-17(19-12-16)14-5-3-2-4-6-14;1-11-18-12(2)20-16(19-11)14-8-9-15(17-10-14)13-6-4-3-5-7-13;1-12-17-10-9-16(19-12)14-7-8-15(18-11-14)13-5-3-2-4-6-13;4*1-2-6-10(7-3-1)11-8-4-5-9-12-11;;;;/h3-7,9-12,14-15H,13H2,1-2H3;2-5,7-12H,1H3;3-6,8-10H,1-2H3;2-5,7-11H,1H3;4*1-6,8-9H;;;;/q8*-1;;;;/i1D3,13D2,15D;2*1D3;;;;;;;;;. The van der Waals surface area contributed by atoms with E-state index in [-0.39, 0.29) is 97.6 Å². The fourth-order valence-electron chi connectivity index (χ4n) is 12.0. The molecule has 19 heteroatoms. The van der Waals surface area contributed by atoms with Gasteiger partial charge in [0, 0.05) is 192 Å². The molecule has 132 heavy (non-hydrogen) atoms. The van der Waals surface area contributed by atoms with Crippen molar-refractivity contribution in [2.75, 3.05) is 0 Å². The Morgan fingerprint density at radius 2 is 0.561 bits per heavy atom. The van der Waals surface area contributed by atoms with Gasteiger partial charge in [0.15, 0.2) is 5.82 Å². The third kappa shape index (κ3) is 32.9. The van der Waals surface area contributed by atoms with E-state index < -0.39 is 32.8 Å². The quantitative estimate of drug-likeness (QED) is 0.0933. The molecule has 1 unspecified atom stereocenters. The van der Waals surface area contributed by atoms with Crippen LogP contribution >= 0.6 is 0 Å². The van der Waals surface area contributed by atoms with Crippen LogP contribution in [-0.2, 0) is 86.8 Å². The summed E-state index contributed by atoms with van der Waals surface area (Å²) < 4.78 is 91.5. The van der Waals surface area contributed by atoms with Gasteiger partial charge in [-0.2, -0.15) is 0 Å². The third-order valence-electron chi connectivity index (χ3n) is 18.1. The van der Waals surface area contributed by atoms with Crippen LogP contribution in [0.5, 0.6) is 0 Å². The molecule has 0 spiro atoms. The van der Waals surface area contributed by atoms with Crippen LogP contribution in [-0.4, -0.2) is 74.8 Å². The first-order valence-corrected chi connectivity index (χ1v) is 40.4. The van der Waals surface area contributed by atoms with E-state index >= 15 is 0 Å².